The van der Waals surface area contributed by atoms with E-state index < -0.39 is 72.9 Å². The molecule has 3 saturated carbocycles. The zero-order valence-corrected chi connectivity index (χ0v) is 38.0. The highest BCUT2D eigenvalue weighted by Crippen LogP contribution is 2.60. The molecule has 0 radical (unpaired) electrons. The van der Waals surface area contributed by atoms with Crippen LogP contribution in [0.4, 0.5) is 0 Å². The Morgan fingerprint density at radius 3 is 1.95 bits per heavy atom. The summed E-state index contributed by atoms with van der Waals surface area (Å²) in [4.78, 5) is 78.0. The number of ether oxygens (including phenoxy) is 6. The molecule has 0 N–H and O–H groups in total. The molecule has 0 spiro atoms. The minimum atomic E-state index is -1.94. The van der Waals surface area contributed by atoms with E-state index >= 15 is 0 Å². The highest BCUT2D eigenvalue weighted by Gasteiger charge is 2.51. The maximum atomic E-state index is 14.3. The fourth-order valence-electron chi connectivity index (χ4n) is 9.30. The Bertz CT molecular complexity index is 1560. The van der Waals surface area contributed by atoms with E-state index in [0.29, 0.717) is 37.0 Å². The third-order valence-electron chi connectivity index (χ3n) is 12.8. The van der Waals surface area contributed by atoms with Gasteiger partial charge in [-0.15, -0.1) is 0 Å². The predicted octanol–water partition coefficient (Wildman–Crippen LogP) is 9.41. The van der Waals surface area contributed by atoms with Crippen molar-refractivity contribution in [1.82, 2.24) is 0 Å². The van der Waals surface area contributed by atoms with Crippen LogP contribution in [0.25, 0.3) is 0 Å². The Balaban J connectivity index is 1.94. The first kappa shape index (κ1) is 50.4. The van der Waals surface area contributed by atoms with Crippen molar-refractivity contribution < 1.29 is 57.2 Å². The molecule has 3 aliphatic rings. The van der Waals surface area contributed by atoms with Crippen molar-refractivity contribution in [3.63, 3.8) is 0 Å². The molecule has 3 fully saturated rings. The summed E-state index contributed by atoms with van der Waals surface area (Å²) in [7, 11) is 0. The lowest BCUT2D eigenvalue weighted by molar-refractivity contribution is -0.211. The van der Waals surface area contributed by atoms with Gasteiger partial charge in [-0.1, -0.05) is 111 Å². The molecular formula is C48H74O12. The maximum Gasteiger partial charge on any atom is 0.351 e. The van der Waals surface area contributed by atoms with E-state index in [-0.39, 0.29) is 37.5 Å². The lowest BCUT2D eigenvalue weighted by Crippen LogP contribution is -2.56. The normalized spacial score (nSPS) is 25.4. The first-order valence-electron chi connectivity index (χ1n) is 22.7. The molecule has 12 heteroatoms. The summed E-state index contributed by atoms with van der Waals surface area (Å²) in [6, 6.07) is 0. The smallest absolute Gasteiger partial charge is 0.351 e. The van der Waals surface area contributed by atoms with Crippen molar-refractivity contribution in [3.8, 4) is 0 Å². The molecule has 9 atom stereocenters. The monoisotopic (exact) mass is 843 g/mol. The van der Waals surface area contributed by atoms with Crippen LogP contribution in [0.15, 0.2) is 35.5 Å². The van der Waals surface area contributed by atoms with Crippen LogP contribution in [0.2, 0.25) is 0 Å². The number of esters is 6. The zero-order chi connectivity index (χ0) is 44.6. The first-order valence-corrected chi connectivity index (χ1v) is 22.7. The topological polar surface area (TPSA) is 158 Å². The van der Waals surface area contributed by atoms with Crippen LogP contribution in [0, 0.1) is 29.1 Å². The Labute approximate surface area is 358 Å². The SMILES string of the molecule is C=C1CC[C@H](OC(=O)[C@H](OC(=O)CC)[C@@H](OC(=O)CC)[C@H](OC(=O)CC)[C@@H](COC(=O)CC)OC(=O)CC)C/C1=C/C=C1\CCC[C@]2(C)[C@@H]([C@H](C)CCCC(C)C)CC[C@@H]12. The van der Waals surface area contributed by atoms with Crippen LogP contribution in [0.3, 0.4) is 0 Å². The fourth-order valence-corrected chi connectivity index (χ4v) is 9.30. The standard InChI is InChI=1S/C48H74O12/c1-11-39(49)55-29-38(57-40(50)12-2)44(58-41(51)13-3)45(59-42(52)14-4)46(60-43(53)15-5)47(54)56-35-24-21-31(8)34(28-35)23-22-33-20-17-27-48(10)36(25-26-37(33)48)32(9)19-16-18-30(6)7/h22-23,30,32,35-38,44-46H,8,11-21,24-29H2,1-7,9-10H3/b33-22+,34-23-/t32-,35+,36-,37+,38-,44-,45+,46-,48-/m1/s1. The maximum absolute atomic E-state index is 14.3. The Morgan fingerprint density at radius 2 is 1.33 bits per heavy atom. The molecule has 0 aliphatic heterocycles. The number of hydrogen-bond donors (Lipinski definition) is 0. The number of carbonyl (C=O) groups is 6. The average Bonchev–Trinajstić information content (AvgIpc) is 3.59. The van der Waals surface area contributed by atoms with Gasteiger partial charge >= 0.3 is 35.8 Å². The van der Waals surface area contributed by atoms with Crippen LogP contribution < -0.4 is 0 Å². The molecule has 0 bridgehead atoms. The van der Waals surface area contributed by atoms with Crippen molar-refractivity contribution in [2.75, 3.05) is 6.61 Å². The van der Waals surface area contributed by atoms with Gasteiger partial charge in [-0.25, -0.2) is 4.79 Å². The molecule has 3 rings (SSSR count). The minimum absolute atomic E-state index is 0.00902. The van der Waals surface area contributed by atoms with E-state index in [1.165, 1.54) is 71.8 Å². The minimum Gasteiger partial charge on any atom is -0.462 e. The molecule has 338 valence electrons. The number of allylic oxidation sites excluding steroid dienone is 4. The van der Waals surface area contributed by atoms with Gasteiger partial charge in [0.1, 0.15) is 12.7 Å². The molecule has 60 heavy (non-hydrogen) atoms. The lowest BCUT2D eigenvalue weighted by Gasteiger charge is -2.44. The Morgan fingerprint density at radius 1 is 0.733 bits per heavy atom. The van der Waals surface area contributed by atoms with Gasteiger partial charge in [-0.05, 0) is 79.6 Å². The summed E-state index contributed by atoms with van der Waals surface area (Å²) in [6.07, 6.45) is 7.27. The van der Waals surface area contributed by atoms with Crippen molar-refractivity contribution in [2.24, 2.45) is 29.1 Å². The van der Waals surface area contributed by atoms with Crippen LogP contribution in [0.5, 0.6) is 0 Å². The molecule has 0 heterocycles. The summed E-state index contributed by atoms with van der Waals surface area (Å²) >= 11 is 0. The summed E-state index contributed by atoms with van der Waals surface area (Å²) < 4.78 is 34.0. The van der Waals surface area contributed by atoms with E-state index in [1.54, 1.807) is 6.92 Å². The van der Waals surface area contributed by atoms with Crippen LogP contribution in [-0.2, 0) is 57.2 Å². The number of carbonyl (C=O) groups excluding carboxylic acids is 6. The summed E-state index contributed by atoms with van der Waals surface area (Å²) in [5.74, 6) is -2.21. The number of rotatable bonds is 22. The van der Waals surface area contributed by atoms with Gasteiger partial charge in [0.15, 0.2) is 18.3 Å². The third-order valence-corrected chi connectivity index (χ3v) is 12.8. The molecule has 12 nitrogen and oxygen atoms in total. The van der Waals surface area contributed by atoms with Gasteiger partial charge in [-0.3, -0.25) is 24.0 Å². The molecule has 0 saturated heterocycles. The van der Waals surface area contributed by atoms with Gasteiger partial charge in [0.25, 0.3) is 0 Å². The van der Waals surface area contributed by atoms with Gasteiger partial charge in [-0.2, -0.15) is 0 Å². The molecule has 0 amide bonds. The quantitative estimate of drug-likeness (QED) is 0.0752. The van der Waals surface area contributed by atoms with Gasteiger partial charge in [0.2, 0.25) is 6.10 Å². The highest BCUT2D eigenvalue weighted by molar-refractivity contribution is 5.81. The summed E-state index contributed by atoms with van der Waals surface area (Å²) in [5.41, 5.74) is 3.67. The van der Waals surface area contributed by atoms with E-state index in [0.717, 1.165) is 29.9 Å². The van der Waals surface area contributed by atoms with Crippen LogP contribution in [-0.4, -0.2) is 72.9 Å². The van der Waals surface area contributed by atoms with Gasteiger partial charge < -0.3 is 28.4 Å². The second-order valence-corrected chi connectivity index (χ2v) is 17.5. The largest absolute Gasteiger partial charge is 0.462 e. The second-order valence-electron chi connectivity index (χ2n) is 17.5. The Hall–Kier alpha value is -3.96. The Kier molecular flexibility index (Phi) is 20.6. The molecule has 0 aromatic carbocycles. The zero-order valence-electron chi connectivity index (χ0n) is 38.0. The molecular weight excluding hydrogens is 769 g/mol. The van der Waals surface area contributed by atoms with E-state index in [2.05, 4.69) is 46.4 Å². The van der Waals surface area contributed by atoms with Crippen molar-refractivity contribution >= 4 is 35.8 Å². The average molecular weight is 843 g/mol. The summed E-state index contributed by atoms with van der Waals surface area (Å²) in [5, 5.41) is 0. The van der Waals surface area contributed by atoms with Crippen molar-refractivity contribution in [3.05, 3.63) is 35.5 Å². The fraction of sp³-hybridized carbons (Fsp3) is 0.750. The van der Waals surface area contributed by atoms with E-state index in [4.69, 9.17) is 28.4 Å². The molecule has 0 aromatic heterocycles. The predicted molar refractivity (Wildman–Crippen MR) is 227 cm³/mol. The third kappa shape index (κ3) is 14.3. The van der Waals surface area contributed by atoms with Crippen LogP contribution >= 0.6 is 0 Å². The number of hydrogen-bond acceptors (Lipinski definition) is 12. The van der Waals surface area contributed by atoms with E-state index in [1.807, 2.05) is 0 Å². The molecule has 0 unspecified atom stereocenters. The summed E-state index contributed by atoms with van der Waals surface area (Å²) in [6.45, 7) is 21.0. The van der Waals surface area contributed by atoms with E-state index in [9.17, 15) is 28.8 Å². The number of fused-ring (bicyclic) bond motifs is 1. The van der Waals surface area contributed by atoms with Crippen LogP contribution in [0.1, 0.15) is 165 Å². The van der Waals surface area contributed by atoms with Crippen molar-refractivity contribution in [2.45, 2.75) is 196 Å². The molecule has 3 aliphatic carbocycles. The van der Waals surface area contributed by atoms with Crippen molar-refractivity contribution in [1.29, 1.82) is 0 Å². The molecule has 0 aromatic rings. The lowest BCUT2D eigenvalue weighted by atomic mass is 9.60. The van der Waals surface area contributed by atoms with Gasteiger partial charge in [0, 0.05) is 38.5 Å². The second kappa shape index (κ2) is 24.5. The van der Waals surface area contributed by atoms with Gasteiger partial charge in [0.05, 0.1) is 0 Å². The highest BCUT2D eigenvalue weighted by atomic mass is 16.7. The first-order chi connectivity index (χ1) is 28.5.